The topological polar surface area (TPSA) is 97.0 Å². The van der Waals surface area contributed by atoms with Crippen molar-refractivity contribution in [1.29, 1.82) is 5.26 Å². The number of carbonyl (C=O) groups excluding carboxylic acids is 1. The first-order valence-electron chi connectivity index (χ1n) is 8.95. The summed E-state index contributed by atoms with van der Waals surface area (Å²) in [5, 5.41) is 16.3. The second-order valence-corrected chi connectivity index (χ2v) is 6.54. The van der Waals surface area contributed by atoms with E-state index < -0.39 is 5.56 Å². The van der Waals surface area contributed by atoms with Crippen molar-refractivity contribution in [1.82, 2.24) is 9.78 Å². The molecule has 3 aromatic rings. The third-order valence-corrected chi connectivity index (χ3v) is 4.64. The number of methoxy groups -OCH3 is 1. The second-order valence-electron chi connectivity index (χ2n) is 6.54. The zero-order valence-electron chi connectivity index (χ0n) is 16.4. The molecule has 0 radical (unpaired) electrons. The lowest BCUT2D eigenvalue weighted by molar-refractivity contribution is 0.102. The monoisotopic (exact) mass is 388 g/mol. The maximum Gasteiger partial charge on any atom is 0.285 e. The zero-order chi connectivity index (χ0) is 21.0. The molecule has 0 fully saturated rings. The molecule has 0 atom stereocenters. The van der Waals surface area contributed by atoms with Crippen molar-refractivity contribution in [2.45, 2.75) is 20.4 Å². The number of hydrogen-bond acceptors (Lipinski definition) is 5. The number of aromatic nitrogens is 2. The summed E-state index contributed by atoms with van der Waals surface area (Å²) < 4.78 is 6.37. The van der Waals surface area contributed by atoms with Crippen LogP contribution >= 0.6 is 0 Å². The Morgan fingerprint density at radius 1 is 1.14 bits per heavy atom. The normalized spacial score (nSPS) is 10.3. The second kappa shape index (κ2) is 8.40. The molecule has 1 amide bonds. The van der Waals surface area contributed by atoms with Gasteiger partial charge in [-0.05, 0) is 61.4 Å². The highest BCUT2D eigenvalue weighted by Crippen LogP contribution is 2.16. The fraction of sp³-hybridized carbons (Fsp3) is 0.182. The van der Waals surface area contributed by atoms with Crippen molar-refractivity contribution in [2.75, 3.05) is 12.4 Å². The molecule has 1 N–H and O–H groups in total. The number of anilines is 1. The van der Waals surface area contributed by atoms with E-state index in [-0.39, 0.29) is 18.0 Å². The lowest BCUT2D eigenvalue weighted by Crippen LogP contribution is -2.28. The van der Waals surface area contributed by atoms with Gasteiger partial charge in [-0.2, -0.15) is 10.4 Å². The highest BCUT2D eigenvalue weighted by molar-refractivity contribution is 6.04. The molecule has 0 bridgehead atoms. The van der Waals surface area contributed by atoms with E-state index in [0.717, 1.165) is 5.56 Å². The van der Waals surface area contributed by atoms with Gasteiger partial charge in [0.05, 0.1) is 19.3 Å². The molecular weight excluding hydrogens is 368 g/mol. The summed E-state index contributed by atoms with van der Waals surface area (Å²) in [6.07, 6.45) is 0. The molecule has 0 saturated heterocycles. The molecule has 29 heavy (non-hydrogen) atoms. The first-order valence-corrected chi connectivity index (χ1v) is 8.95. The van der Waals surface area contributed by atoms with Crippen LogP contribution in [0.2, 0.25) is 0 Å². The summed E-state index contributed by atoms with van der Waals surface area (Å²) in [5.74, 6) is 0.469. The van der Waals surface area contributed by atoms with Gasteiger partial charge in [0.1, 0.15) is 17.4 Å². The Morgan fingerprint density at radius 2 is 1.79 bits per heavy atom. The van der Waals surface area contributed by atoms with Crippen molar-refractivity contribution in [3.05, 3.63) is 86.8 Å². The highest BCUT2D eigenvalue weighted by atomic mass is 16.5. The third-order valence-electron chi connectivity index (χ3n) is 4.64. The lowest BCUT2D eigenvalue weighted by Gasteiger charge is -2.10. The molecule has 146 valence electrons. The van der Waals surface area contributed by atoms with E-state index in [1.54, 1.807) is 69.5 Å². The van der Waals surface area contributed by atoms with Crippen LogP contribution in [0.5, 0.6) is 5.75 Å². The number of amides is 1. The SMILES string of the molecule is COc1ccc(NC(=O)c2ccc(Cn3nc(C)c(C)c(C#N)c3=O)cc2)cc1. The molecule has 0 aliphatic carbocycles. The zero-order valence-corrected chi connectivity index (χ0v) is 16.4. The van der Waals surface area contributed by atoms with Crippen LogP contribution in [0.15, 0.2) is 53.3 Å². The van der Waals surface area contributed by atoms with E-state index in [1.165, 1.54) is 4.68 Å². The number of nitrogens with zero attached hydrogens (tertiary/aromatic N) is 3. The predicted octanol–water partition coefficient (Wildman–Crippen LogP) is 3.04. The number of aryl methyl sites for hydroxylation is 1. The summed E-state index contributed by atoms with van der Waals surface area (Å²) in [6.45, 7) is 3.69. The molecule has 0 aliphatic heterocycles. The Bertz CT molecular complexity index is 1140. The fourth-order valence-corrected chi connectivity index (χ4v) is 2.82. The van der Waals surface area contributed by atoms with Gasteiger partial charge in [0.25, 0.3) is 11.5 Å². The Balaban J connectivity index is 1.75. The van der Waals surface area contributed by atoms with Crippen molar-refractivity contribution < 1.29 is 9.53 Å². The van der Waals surface area contributed by atoms with Gasteiger partial charge in [-0.15, -0.1) is 0 Å². The van der Waals surface area contributed by atoms with Gasteiger partial charge in [0, 0.05) is 11.3 Å². The van der Waals surface area contributed by atoms with Gasteiger partial charge >= 0.3 is 0 Å². The van der Waals surface area contributed by atoms with Crippen LogP contribution in [-0.4, -0.2) is 22.8 Å². The van der Waals surface area contributed by atoms with Crippen molar-refractivity contribution in [3.8, 4) is 11.8 Å². The molecule has 3 rings (SSSR count). The van der Waals surface area contributed by atoms with Crippen molar-refractivity contribution in [3.63, 3.8) is 0 Å². The summed E-state index contributed by atoms with van der Waals surface area (Å²) in [6, 6.07) is 15.9. The van der Waals surface area contributed by atoms with Gasteiger partial charge < -0.3 is 10.1 Å². The molecule has 1 aromatic heterocycles. The number of hydrogen-bond donors (Lipinski definition) is 1. The number of carbonyl (C=O) groups is 1. The van der Waals surface area contributed by atoms with Gasteiger partial charge in [0.2, 0.25) is 0 Å². The summed E-state index contributed by atoms with van der Waals surface area (Å²) in [4.78, 5) is 24.8. The van der Waals surface area contributed by atoms with Crippen LogP contribution in [0.25, 0.3) is 0 Å². The highest BCUT2D eigenvalue weighted by Gasteiger charge is 2.12. The van der Waals surface area contributed by atoms with E-state index in [1.807, 2.05) is 6.07 Å². The molecule has 0 aliphatic rings. The lowest BCUT2D eigenvalue weighted by atomic mass is 10.1. The molecular formula is C22H20N4O3. The van der Waals surface area contributed by atoms with E-state index >= 15 is 0 Å². The van der Waals surface area contributed by atoms with Crippen molar-refractivity contribution >= 4 is 11.6 Å². The number of nitriles is 1. The van der Waals surface area contributed by atoms with Gasteiger partial charge in [-0.25, -0.2) is 4.68 Å². The number of benzene rings is 2. The van der Waals surface area contributed by atoms with Gasteiger partial charge in [-0.1, -0.05) is 12.1 Å². The largest absolute Gasteiger partial charge is 0.497 e. The Labute approximate surface area is 168 Å². The Morgan fingerprint density at radius 3 is 2.38 bits per heavy atom. The molecule has 0 spiro atoms. The molecule has 1 heterocycles. The minimum absolute atomic E-state index is 0.105. The first-order chi connectivity index (χ1) is 13.9. The van der Waals surface area contributed by atoms with E-state index in [9.17, 15) is 14.9 Å². The standard InChI is InChI=1S/C22H20N4O3/c1-14-15(2)25-26(22(28)20(14)12-23)13-16-4-6-17(7-5-16)21(27)24-18-8-10-19(29-3)11-9-18/h4-11H,13H2,1-3H3,(H,24,27). The molecule has 7 nitrogen and oxygen atoms in total. The van der Waals surface area contributed by atoms with Crippen LogP contribution in [-0.2, 0) is 6.54 Å². The van der Waals surface area contributed by atoms with Crippen LogP contribution in [0.4, 0.5) is 5.69 Å². The molecule has 0 unspecified atom stereocenters. The predicted molar refractivity (Wildman–Crippen MR) is 109 cm³/mol. The van der Waals surface area contributed by atoms with E-state index in [2.05, 4.69) is 10.4 Å². The van der Waals surface area contributed by atoms with Crippen LogP contribution in [0, 0.1) is 25.2 Å². The third kappa shape index (κ3) is 4.33. The minimum Gasteiger partial charge on any atom is -0.497 e. The van der Waals surface area contributed by atoms with Crippen LogP contribution in [0.1, 0.15) is 32.7 Å². The van der Waals surface area contributed by atoms with E-state index in [4.69, 9.17) is 4.74 Å². The quantitative estimate of drug-likeness (QED) is 0.725. The molecule has 0 saturated carbocycles. The fourth-order valence-electron chi connectivity index (χ4n) is 2.82. The number of nitrogens with one attached hydrogen (secondary N) is 1. The van der Waals surface area contributed by atoms with Gasteiger partial charge in [0.15, 0.2) is 0 Å². The number of rotatable bonds is 5. The van der Waals surface area contributed by atoms with Crippen LogP contribution < -0.4 is 15.6 Å². The van der Waals surface area contributed by atoms with Crippen molar-refractivity contribution in [2.24, 2.45) is 0 Å². The summed E-state index contributed by atoms with van der Waals surface area (Å²) >= 11 is 0. The average Bonchev–Trinajstić information content (AvgIpc) is 2.73. The minimum atomic E-state index is -0.420. The maximum atomic E-state index is 12.4. The molecule has 7 heteroatoms. The average molecular weight is 388 g/mol. The van der Waals surface area contributed by atoms with Crippen LogP contribution in [0.3, 0.4) is 0 Å². The first kappa shape index (κ1) is 19.8. The van der Waals surface area contributed by atoms with Gasteiger partial charge in [-0.3, -0.25) is 9.59 Å². The maximum absolute atomic E-state index is 12.4. The Hall–Kier alpha value is -3.92. The number of ether oxygens (including phenoxy) is 1. The Kier molecular flexibility index (Phi) is 5.74. The summed E-state index contributed by atoms with van der Waals surface area (Å²) in [5.41, 5.74) is 2.87. The molecule has 2 aromatic carbocycles. The smallest absolute Gasteiger partial charge is 0.285 e. The van der Waals surface area contributed by atoms with E-state index in [0.29, 0.717) is 28.3 Å². The summed E-state index contributed by atoms with van der Waals surface area (Å²) in [7, 11) is 1.58.